The maximum Gasteiger partial charge on any atom is 0.326 e. The summed E-state index contributed by atoms with van der Waals surface area (Å²) in [6.07, 6.45) is 0.682. The molecular weight excluding hydrogens is 328 g/mol. The van der Waals surface area contributed by atoms with Crippen LogP contribution in [0.1, 0.15) is 40.5 Å². The van der Waals surface area contributed by atoms with Crippen molar-refractivity contribution in [2.45, 2.75) is 52.6 Å². The smallest absolute Gasteiger partial charge is 0.326 e. The highest BCUT2D eigenvalue weighted by Crippen LogP contribution is 2.06. The molecule has 0 radical (unpaired) electrons. The summed E-state index contributed by atoms with van der Waals surface area (Å²) in [5, 5.41) is 16.4. The minimum atomic E-state index is -1.12. The summed E-state index contributed by atoms with van der Waals surface area (Å²) in [4.78, 5) is 46.6. The number of carbonyl (C=O) groups is 4. The molecule has 2 atom stereocenters. The number of hydrogen-bond donors (Lipinski definition) is 5. The Balaban J connectivity index is 4.62. The molecule has 3 amide bonds. The molecule has 0 bridgehead atoms. The van der Waals surface area contributed by atoms with Crippen LogP contribution >= 0.6 is 0 Å². The summed E-state index contributed by atoms with van der Waals surface area (Å²) >= 11 is 0. The molecule has 0 aliphatic carbocycles. The molecule has 144 valence electrons. The van der Waals surface area contributed by atoms with E-state index in [1.807, 2.05) is 27.7 Å². The van der Waals surface area contributed by atoms with Crippen molar-refractivity contribution in [1.82, 2.24) is 16.0 Å². The Labute approximate surface area is 148 Å². The van der Waals surface area contributed by atoms with Crippen LogP contribution in [0.3, 0.4) is 0 Å². The van der Waals surface area contributed by atoms with Gasteiger partial charge in [0.15, 0.2) is 0 Å². The van der Waals surface area contributed by atoms with Gasteiger partial charge in [-0.05, 0) is 24.7 Å². The van der Waals surface area contributed by atoms with Crippen LogP contribution in [0.5, 0.6) is 0 Å². The predicted octanol–water partition coefficient (Wildman–Crippen LogP) is -0.792. The largest absolute Gasteiger partial charge is 0.480 e. The Morgan fingerprint density at radius 3 is 1.80 bits per heavy atom. The van der Waals surface area contributed by atoms with E-state index in [0.29, 0.717) is 6.42 Å². The maximum absolute atomic E-state index is 12.2. The van der Waals surface area contributed by atoms with Crippen LogP contribution in [0.4, 0.5) is 0 Å². The van der Waals surface area contributed by atoms with E-state index >= 15 is 0 Å². The van der Waals surface area contributed by atoms with Gasteiger partial charge >= 0.3 is 5.97 Å². The molecule has 9 nitrogen and oxygen atoms in total. The Morgan fingerprint density at radius 2 is 1.36 bits per heavy atom. The molecule has 0 aromatic rings. The fourth-order valence-electron chi connectivity index (χ4n) is 2.19. The van der Waals surface area contributed by atoms with Gasteiger partial charge in [0, 0.05) is 0 Å². The van der Waals surface area contributed by atoms with E-state index in [1.54, 1.807) is 0 Å². The zero-order valence-corrected chi connectivity index (χ0v) is 15.3. The highest BCUT2D eigenvalue weighted by molar-refractivity contribution is 5.91. The maximum atomic E-state index is 12.2. The van der Waals surface area contributed by atoms with E-state index in [0.717, 1.165) is 0 Å². The van der Waals surface area contributed by atoms with Gasteiger partial charge in [0.05, 0.1) is 13.1 Å². The molecule has 0 rings (SSSR count). The fourth-order valence-corrected chi connectivity index (χ4v) is 2.19. The van der Waals surface area contributed by atoms with Crippen molar-refractivity contribution in [3.8, 4) is 0 Å². The van der Waals surface area contributed by atoms with Crippen LogP contribution in [0.25, 0.3) is 0 Å². The van der Waals surface area contributed by atoms with E-state index in [-0.39, 0.29) is 31.3 Å². The van der Waals surface area contributed by atoms with Crippen LogP contribution in [0, 0.1) is 11.8 Å². The third kappa shape index (κ3) is 10.3. The van der Waals surface area contributed by atoms with Crippen LogP contribution in [-0.4, -0.2) is 54.0 Å². The number of carbonyl (C=O) groups excluding carboxylic acids is 3. The first-order chi connectivity index (χ1) is 11.6. The molecule has 0 aromatic carbocycles. The molecular formula is C16H30N4O5. The van der Waals surface area contributed by atoms with Gasteiger partial charge < -0.3 is 26.8 Å². The highest BCUT2D eigenvalue weighted by Gasteiger charge is 2.24. The summed E-state index contributed by atoms with van der Waals surface area (Å²) in [7, 11) is 0. The molecule has 0 fully saturated rings. The van der Waals surface area contributed by atoms with Gasteiger partial charge in [0.1, 0.15) is 12.1 Å². The SMILES string of the molecule is CC(C)C[C@H](NC(=O)CN)C(=O)NCC(=O)N[C@H](CC(C)C)C(=O)O. The minimum absolute atomic E-state index is 0.0953. The third-order valence-corrected chi connectivity index (χ3v) is 3.31. The lowest BCUT2D eigenvalue weighted by Crippen LogP contribution is -2.52. The lowest BCUT2D eigenvalue weighted by Gasteiger charge is -2.20. The molecule has 9 heteroatoms. The first-order valence-electron chi connectivity index (χ1n) is 8.36. The van der Waals surface area contributed by atoms with E-state index in [2.05, 4.69) is 16.0 Å². The number of nitrogens with one attached hydrogen (secondary N) is 3. The summed E-state index contributed by atoms with van der Waals surface area (Å²) in [5.74, 6) is -2.46. The van der Waals surface area contributed by atoms with Gasteiger partial charge in [-0.2, -0.15) is 0 Å². The topological polar surface area (TPSA) is 151 Å². The Bertz CT molecular complexity index is 479. The predicted molar refractivity (Wildman–Crippen MR) is 92.5 cm³/mol. The number of rotatable bonds is 11. The second-order valence-electron chi connectivity index (χ2n) is 6.76. The molecule has 0 aromatic heterocycles. The second-order valence-corrected chi connectivity index (χ2v) is 6.76. The van der Waals surface area contributed by atoms with Crippen molar-refractivity contribution < 1.29 is 24.3 Å². The summed E-state index contributed by atoms with van der Waals surface area (Å²) < 4.78 is 0. The highest BCUT2D eigenvalue weighted by atomic mass is 16.4. The van der Waals surface area contributed by atoms with Crippen LogP contribution in [0.2, 0.25) is 0 Å². The molecule has 0 spiro atoms. The van der Waals surface area contributed by atoms with E-state index in [1.165, 1.54) is 0 Å². The fraction of sp³-hybridized carbons (Fsp3) is 0.750. The van der Waals surface area contributed by atoms with Crippen molar-refractivity contribution in [3.05, 3.63) is 0 Å². The van der Waals surface area contributed by atoms with Gasteiger partial charge in [0.25, 0.3) is 0 Å². The molecule has 6 N–H and O–H groups in total. The molecule has 25 heavy (non-hydrogen) atoms. The van der Waals surface area contributed by atoms with Crippen molar-refractivity contribution >= 4 is 23.7 Å². The zero-order valence-electron chi connectivity index (χ0n) is 15.3. The number of carboxylic acids is 1. The number of nitrogens with two attached hydrogens (primary N) is 1. The molecule has 0 unspecified atom stereocenters. The Hall–Kier alpha value is -2.16. The zero-order chi connectivity index (χ0) is 19.6. The Morgan fingerprint density at radius 1 is 0.880 bits per heavy atom. The lowest BCUT2D eigenvalue weighted by atomic mass is 10.0. The summed E-state index contributed by atoms with van der Waals surface area (Å²) in [6, 6.07) is -1.80. The Kier molecular flexibility index (Phi) is 10.4. The van der Waals surface area contributed by atoms with Gasteiger partial charge in [0.2, 0.25) is 17.7 Å². The van der Waals surface area contributed by atoms with Gasteiger partial charge in [-0.1, -0.05) is 27.7 Å². The number of amides is 3. The van der Waals surface area contributed by atoms with Crippen molar-refractivity contribution in [2.75, 3.05) is 13.1 Å². The first-order valence-corrected chi connectivity index (χ1v) is 8.36. The second kappa shape index (κ2) is 11.4. The molecule has 0 aliphatic heterocycles. The van der Waals surface area contributed by atoms with E-state index < -0.39 is 35.8 Å². The monoisotopic (exact) mass is 358 g/mol. The summed E-state index contributed by atoms with van der Waals surface area (Å²) in [5.41, 5.74) is 5.23. The molecule has 0 saturated carbocycles. The third-order valence-electron chi connectivity index (χ3n) is 3.31. The lowest BCUT2D eigenvalue weighted by molar-refractivity contribution is -0.142. The van der Waals surface area contributed by atoms with Crippen LogP contribution in [0.15, 0.2) is 0 Å². The molecule has 0 saturated heterocycles. The van der Waals surface area contributed by atoms with Crippen LogP contribution in [-0.2, 0) is 19.2 Å². The van der Waals surface area contributed by atoms with E-state index in [9.17, 15) is 19.2 Å². The number of aliphatic carboxylic acids is 1. The van der Waals surface area contributed by atoms with Gasteiger partial charge in [-0.3, -0.25) is 14.4 Å². The van der Waals surface area contributed by atoms with E-state index in [4.69, 9.17) is 10.8 Å². The number of hydrogen-bond acceptors (Lipinski definition) is 5. The average molecular weight is 358 g/mol. The normalized spacial score (nSPS) is 13.2. The average Bonchev–Trinajstić information content (AvgIpc) is 2.50. The first kappa shape index (κ1) is 22.8. The minimum Gasteiger partial charge on any atom is -0.480 e. The molecule has 0 heterocycles. The summed E-state index contributed by atoms with van der Waals surface area (Å²) in [6.45, 7) is 6.88. The standard InChI is InChI=1S/C16H30N4O5/c1-9(2)5-11(19-13(21)7-17)15(23)18-8-14(22)20-12(16(24)25)6-10(3)4/h9-12H,5-8,17H2,1-4H3,(H,18,23)(H,19,21)(H,20,22)(H,24,25)/t11-,12+/m0/s1. The molecule has 0 aliphatic rings. The quantitative estimate of drug-likeness (QED) is 0.326. The van der Waals surface area contributed by atoms with Crippen LogP contribution < -0.4 is 21.7 Å². The van der Waals surface area contributed by atoms with Crippen molar-refractivity contribution in [2.24, 2.45) is 17.6 Å². The van der Waals surface area contributed by atoms with Crippen molar-refractivity contribution in [3.63, 3.8) is 0 Å². The van der Waals surface area contributed by atoms with Gasteiger partial charge in [-0.25, -0.2) is 4.79 Å². The van der Waals surface area contributed by atoms with Crippen molar-refractivity contribution in [1.29, 1.82) is 0 Å². The van der Waals surface area contributed by atoms with Gasteiger partial charge in [-0.15, -0.1) is 0 Å². The number of carboxylic acid groups (broad SMARTS) is 1.